The van der Waals surface area contributed by atoms with E-state index in [0.717, 1.165) is 36.6 Å². The Hall–Kier alpha value is -2.16. The molecule has 0 saturated carbocycles. The van der Waals surface area contributed by atoms with Gasteiger partial charge >= 0.3 is 0 Å². The lowest BCUT2D eigenvalue weighted by atomic mass is 10.1. The fraction of sp³-hybridized carbons (Fsp3) is 0.400. The molecule has 0 aliphatic heterocycles. The van der Waals surface area contributed by atoms with E-state index in [0.29, 0.717) is 13.2 Å². The molecule has 0 spiro atoms. The molecule has 0 aliphatic carbocycles. The van der Waals surface area contributed by atoms with Gasteiger partial charge in [0.2, 0.25) is 0 Å². The van der Waals surface area contributed by atoms with Crippen LogP contribution in [0.2, 0.25) is 0 Å². The number of benzene rings is 2. The summed E-state index contributed by atoms with van der Waals surface area (Å²) < 4.78 is 11.6. The molecular formula is C20H27NO2. The number of anilines is 1. The molecule has 2 rings (SSSR count). The number of ether oxygens (including phenoxy) is 2. The van der Waals surface area contributed by atoms with Gasteiger partial charge in [0, 0.05) is 18.3 Å². The molecule has 2 aromatic carbocycles. The minimum Gasteiger partial charge on any atom is -0.490 e. The smallest absolute Gasteiger partial charge is 0.163 e. The summed E-state index contributed by atoms with van der Waals surface area (Å²) in [6.45, 7) is 8.50. The molecule has 3 nitrogen and oxygen atoms in total. The van der Waals surface area contributed by atoms with Crippen molar-refractivity contribution in [3.05, 3.63) is 53.6 Å². The van der Waals surface area contributed by atoms with Crippen LogP contribution in [0.5, 0.6) is 11.5 Å². The maximum absolute atomic E-state index is 5.83. The van der Waals surface area contributed by atoms with Gasteiger partial charge in [-0.3, -0.25) is 0 Å². The van der Waals surface area contributed by atoms with Gasteiger partial charge in [-0.05, 0) is 37.5 Å². The van der Waals surface area contributed by atoms with Crippen LogP contribution in [-0.4, -0.2) is 13.2 Å². The first-order valence-electron chi connectivity index (χ1n) is 8.42. The summed E-state index contributed by atoms with van der Waals surface area (Å²) in [5.41, 5.74) is 3.58. The first kappa shape index (κ1) is 17.2. The summed E-state index contributed by atoms with van der Waals surface area (Å²) in [5.74, 6) is 1.63. The van der Waals surface area contributed by atoms with Gasteiger partial charge in [0.25, 0.3) is 0 Å². The Balaban J connectivity index is 2.04. The van der Waals surface area contributed by atoms with Crippen molar-refractivity contribution in [2.75, 3.05) is 18.5 Å². The van der Waals surface area contributed by atoms with Crippen molar-refractivity contribution in [2.45, 2.75) is 40.2 Å². The topological polar surface area (TPSA) is 30.5 Å². The Morgan fingerprint density at radius 1 is 0.826 bits per heavy atom. The van der Waals surface area contributed by atoms with Crippen LogP contribution in [-0.2, 0) is 6.54 Å². The number of nitrogens with one attached hydrogen (secondary N) is 1. The third-order valence-corrected chi connectivity index (χ3v) is 3.48. The molecule has 0 bridgehead atoms. The van der Waals surface area contributed by atoms with Crippen molar-refractivity contribution >= 4 is 5.69 Å². The molecule has 3 heteroatoms. The van der Waals surface area contributed by atoms with Crippen LogP contribution >= 0.6 is 0 Å². The first-order chi connectivity index (χ1) is 11.2. The minimum atomic E-state index is 0.698. The molecule has 0 heterocycles. The monoisotopic (exact) mass is 313 g/mol. The fourth-order valence-corrected chi connectivity index (χ4v) is 2.18. The molecular weight excluding hydrogens is 286 g/mol. The predicted molar refractivity (Wildman–Crippen MR) is 96.5 cm³/mol. The van der Waals surface area contributed by atoms with Gasteiger partial charge in [-0.15, -0.1) is 0 Å². The van der Waals surface area contributed by atoms with Crippen molar-refractivity contribution in [3.63, 3.8) is 0 Å². The third-order valence-electron chi connectivity index (χ3n) is 3.48. The van der Waals surface area contributed by atoms with E-state index in [9.17, 15) is 0 Å². The van der Waals surface area contributed by atoms with Crippen LogP contribution in [0.15, 0.2) is 42.5 Å². The van der Waals surface area contributed by atoms with Crippen molar-refractivity contribution in [2.24, 2.45) is 0 Å². The van der Waals surface area contributed by atoms with Gasteiger partial charge in [0.1, 0.15) is 0 Å². The van der Waals surface area contributed by atoms with Crippen molar-refractivity contribution < 1.29 is 9.47 Å². The summed E-state index contributed by atoms with van der Waals surface area (Å²) in [4.78, 5) is 0. The highest BCUT2D eigenvalue weighted by Gasteiger charge is 2.07. The van der Waals surface area contributed by atoms with E-state index in [2.05, 4.69) is 50.4 Å². The maximum Gasteiger partial charge on any atom is 0.163 e. The van der Waals surface area contributed by atoms with Crippen LogP contribution < -0.4 is 14.8 Å². The van der Waals surface area contributed by atoms with Gasteiger partial charge in [0.15, 0.2) is 11.5 Å². The Labute approximate surface area is 139 Å². The number of rotatable bonds is 9. The Morgan fingerprint density at radius 3 is 2.13 bits per heavy atom. The molecule has 0 aliphatic rings. The highest BCUT2D eigenvalue weighted by atomic mass is 16.5. The highest BCUT2D eigenvalue weighted by Crippen LogP contribution is 2.31. The zero-order chi connectivity index (χ0) is 16.5. The van der Waals surface area contributed by atoms with Gasteiger partial charge < -0.3 is 14.8 Å². The zero-order valence-electron chi connectivity index (χ0n) is 14.4. The average molecular weight is 313 g/mol. The summed E-state index contributed by atoms with van der Waals surface area (Å²) in [6.07, 6.45) is 1.97. The van der Waals surface area contributed by atoms with E-state index in [1.165, 1.54) is 11.1 Å². The second-order valence-electron chi connectivity index (χ2n) is 5.70. The molecule has 124 valence electrons. The van der Waals surface area contributed by atoms with Crippen LogP contribution in [0.4, 0.5) is 5.69 Å². The standard InChI is InChI=1S/C20H27NO2/c1-4-12-22-19-11-10-18(14-20(19)23-13-5-2)21-15-17-8-6-16(3)7-9-17/h6-11,14,21H,4-5,12-13,15H2,1-3H3. The molecule has 23 heavy (non-hydrogen) atoms. The van der Waals surface area contributed by atoms with E-state index < -0.39 is 0 Å². The van der Waals surface area contributed by atoms with Gasteiger partial charge in [-0.25, -0.2) is 0 Å². The van der Waals surface area contributed by atoms with Crippen molar-refractivity contribution in [3.8, 4) is 11.5 Å². The van der Waals surface area contributed by atoms with Gasteiger partial charge in [-0.1, -0.05) is 43.7 Å². The average Bonchev–Trinajstić information content (AvgIpc) is 2.58. The Kier molecular flexibility index (Phi) is 6.79. The molecule has 0 atom stereocenters. The van der Waals surface area contributed by atoms with Gasteiger partial charge in [0.05, 0.1) is 13.2 Å². The molecule has 2 aromatic rings. The second kappa shape index (κ2) is 9.09. The Morgan fingerprint density at radius 2 is 1.48 bits per heavy atom. The summed E-state index contributed by atoms with van der Waals surface area (Å²) in [7, 11) is 0. The highest BCUT2D eigenvalue weighted by molar-refractivity contribution is 5.55. The van der Waals surface area contributed by atoms with E-state index in [4.69, 9.17) is 9.47 Å². The first-order valence-corrected chi connectivity index (χ1v) is 8.42. The van der Waals surface area contributed by atoms with Gasteiger partial charge in [-0.2, -0.15) is 0 Å². The van der Waals surface area contributed by atoms with E-state index in [1.807, 2.05) is 18.2 Å². The lowest BCUT2D eigenvalue weighted by molar-refractivity contribution is 0.268. The maximum atomic E-state index is 5.83. The van der Waals surface area contributed by atoms with Crippen molar-refractivity contribution in [1.82, 2.24) is 0 Å². The zero-order valence-corrected chi connectivity index (χ0v) is 14.4. The van der Waals surface area contributed by atoms with E-state index in [-0.39, 0.29) is 0 Å². The summed E-state index contributed by atoms with van der Waals surface area (Å²) in [6, 6.07) is 14.6. The van der Waals surface area contributed by atoms with E-state index >= 15 is 0 Å². The molecule has 0 saturated heterocycles. The molecule has 0 unspecified atom stereocenters. The molecule has 0 aromatic heterocycles. The van der Waals surface area contributed by atoms with E-state index in [1.54, 1.807) is 0 Å². The number of aryl methyl sites for hydroxylation is 1. The largest absolute Gasteiger partial charge is 0.490 e. The lowest BCUT2D eigenvalue weighted by Gasteiger charge is -2.14. The summed E-state index contributed by atoms with van der Waals surface area (Å²) >= 11 is 0. The second-order valence-corrected chi connectivity index (χ2v) is 5.70. The van der Waals surface area contributed by atoms with Crippen molar-refractivity contribution in [1.29, 1.82) is 0 Å². The van der Waals surface area contributed by atoms with Crippen LogP contribution in [0.25, 0.3) is 0 Å². The SMILES string of the molecule is CCCOc1ccc(NCc2ccc(C)cc2)cc1OCCC. The molecule has 0 amide bonds. The summed E-state index contributed by atoms with van der Waals surface area (Å²) in [5, 5.41) is 3.44. The molecule has 0 radical (unpaired) electrons. The molecule has 1 N–H and O–H groups in total. The lowest BCUT2D eigenvalue weighted by Crippen LogP contribution is -2.03. The normalized spacial score (nSPS) is 10.4. The predicted octanol–water partition coefficient (Wildman–Crippen LogP) is 5.18. The number of hydrogen-bond acceptors (Lipinski definition) is 3. The van der Waals surface area contributed by atoms with Crippen LogP contribution in [0.3, 0.4) is 0 Å². The third kappa shape index (κ3) is 5.51. The minimum absolute atomic E-state index is 0.698. The van der Waals surface area contributed by atoms with Crippen LogP contribution in [0, 0.1) is 6.92 Å². The number of hydrogen-bond donors (Lipinski definition) is 1. The quantitative estimate of drug-likeness (QED) is 0.691. The molecule has 0 fully saturated rings. The van der Waals surface area contributed by atoms with Crippen LogP contribution in [0.1, 0.15) is 37.8 Å². The Bertz CT molecular complexity index is 593. The fourth-order valence-electron chi connectivity index (χ4n) is 2.18.